The van der Waals surface area contributed by atoms with Gasteiger partial charge in [-0.15, -0.1) is 0 Å². The van der Waals surface area contributed by atoms with Gasteiger partial charge in [-0.2, -0.15) is 5.26 Å². The Balaban J connectivity index is 3.44. The number of nitriles is 1. The van der Waals surface area contributed by atoms with E-state index in [1.165, 1.54) is 18.7 Å². The highest BCUT2D eigenvalue weighted by Crippen LogP contribution is 2.25. The normalized spacial score (nSPS) is 10.9. The molecule has 0 aromatic carbocycles. The Morgan fingerprint density at radius 3 is 2.88 bits per heavy atom. The van der Waals surface area contributed by atoms with Gasteiger partial charge in [0.15, 0.2) is 6.73 Å². The van der Waals surface area contributed by atoms with Gasteiger partial charge in [-0.25, -0.2) is 0 Å². The zero-order valence-electron chi connectivity index (χ0n) is 14.7. The number of aliphatic imine (C=N–C) groups is 2. The Morgan fingerprint density at radius 2 is 2.31 bits per heavy atom. The SMILES string of the molecule is C=N/C=C(\C=N/COC#N)c1cc(C(=N)C(=C)C)c(NCC=O)c(C)n1. The van der Waals surface area contributed by atoms with Gasteiger partial charge in [0, 0.05) is 23.6 Å². The molecule has 0 amide bonds. The summed E-state index contributed by atoms with van der Waals surface area (Å²) >= 11 is 0. The number of hydrogen-bond acceptors (Lipinski definition) is 8. The first-order valence-electron chi connectivity index (χ1n) is 7.57. The third kappa shape index (κ3) is 5.49. The molecule has 0 unspecified atom stereocenters. The second kappa shape index (κ2) is 10.3. The minimum absolute atomic E-state index is 0.0994. The molecular formula is C18H20N6O2. The Morgan fingerprint density at radius 1 is 1.58 bits per heavy atom. The molecule has 0 aliphatic rings. The zero-order chi connectivity index (χ0) is 19.5. The lowest BCUT2D eigenvalue weighted by Crippen LogP contribution is -2.13. The van der Waals surface area contributed by atoms with Gasteiger partial charge >= 0.3 is 0 Å². The van der Waals surface area contributed by atoms with Crippen molar-refractivity contribution >= 4 is 36.2 Å². The summed E-state index contributed by atoms with van der Waals surface area (Å²) in [6, 6.07) is 1.69. The van der Waals surface area contributed by atoms with Gasteiger partial charge in [-0.3, -0.25) is 20.4 Å². The summed E-state index contributed by atoms with van der Waals surface area (Å²) in [6.45, 7) is 10.7. The second-order valence-corrected chi connectivity index (χ2v) is 5.16. The van der Waals surface area contributed by atoms with Crippen molar-refractivity contribution in [2.75, 3.05) is 18.6 Å². The highest BCUT2D eigenvalue weighted by molar-refractivity contribution is 6.15. The molecule has 0 bridgehead atoms. The van der Waals surface area contributed by atoms with Gasteiger partial charge in [0.05, 0.1) is 29.3 Å². The monoisotopic (exact) mass is 352 g/mol. The number of allylic oxidation sites excluding steroid dienone is 2. The van der Waals surface area contributed by atoms with Crippen LogP contribution >= 0.6 is 0 Å². The zero-order valence-corrected chi connectivity index (χ0v) is 14.7. The summed E-state index contributed by atoms with van der Waals surface area (Å²) in [7, 11) is 0. The summed E-state index contributed by atoms with van der Waals surface area (Å²) < 4.78 is 4.50. The van der Waals surface area contributed by atoms with Gasteiger partial charge < -0.3 is 14.8 Å². The number of rotatable bonds is 10. The molecule has 0 fully saturated rings. The Bertz CT molecular complexity index is 818. The van der Waals surface area contributed by atoms with Crippen LogP contribution < -0.4 is 5.32 Å². The van der Waals surface area contributed by atoms with Crippen molar-refractivity contribution in [1.29, 1.82) is 10.7 Å². The minimum Gasteiger partial charge on any atom is -0.404 e. The standard InChI is InChI=1S/C18H20N6O2/c1-12(2)17(20)15-7-16(24-13(3)18(15)23-5-6-25)14(8-21-4)9-22-11-26-10-19/h6-9,20,23H,1,4-5,11H2,2-3H3/b14-8+,20-17?,22-9-. The van der Waals surface area contributed by atoms with Crippen molar-refractivity contribution in [2.24, 2.45) is 9.98 Å². The molecule has 1 aromatic heterocycles. The minimum atomic E-state index is -0.128. The third-order valence-corrected chi connectivity index (χ3v) is 3.22. The molecule has 134 valence electrons. The van der Waals surface area contributed by atoms with Crippen molar-refractivity contribution in [2.45, 2.75) is 13.8 Å². The first kappa shape index (κ1) is 20.4. The van der Waals surface area contributed by atoms with E-state index in [9.17, 15) is 4.79 Å². The van der Waals surface area contributed by atoms with E-state index in [1.807, 2.05) is 0 Å². The highest BCUT2D eigenvalue weighted by Gasteiger charge is 2.15. The molecule has 0 aliphatic carbocycles. The van der Waals surface area contributed by atoms with E-state index in [4.69, 9.17) is 10.7 Å². The fourth-order valence-electron chi connectivity index (χ4n) is 2.08. The molecule has 0 saturated carbocycles. The van der Waals surface area contributed by atoms with Crippen LogP contribution in [0.1, 0.15) is 23.9 Å². The third-order valence-electron chi connectivity index (χ3n) is 3.22. The number of anilines is 1. The lowest BCUT2D eigenvalue weighted by molar-refractivity contribution is -0.106. The summed E-state index contributed by atoms with van der Waals surface area (Å²) in [4.78, 5) is 22.9. The van der Waals surface area contributed by atoms with Gasteiger partial charge in [0.25, 0.3) is 6.26 Å². The summed E-state index contributed by atoms with van der Waals surface area (Å²) in [6.07, 6.45) is 5.18. The van der Waals surface area contributed by atoms with Crippen LogP contribution in [0.5, 0.6) is 0 Å². The van der Waals surface area contributed by atoms with Crippen molar-refractivity contribution in [3.63, 3.8) is 0 Å². The molecule has 8 heteroatoms. The first-order chi connectivity index (χ1) is 12.5. The van der Waals surface area contributed by atoms with Crippen LogP contribution in [0.2, 0.25) is 0 Å². The second-order valence-electron chi connectivity index (χ2n) is 5.16. The van der Waals surface area contributed by atoms with E-state index in [1.54, 1.807) is 19.9 Å². The predicted molar refractivity (Wildman–Crippen MR) is 103 cm³/mol. The molecule has 0 spiro atoms. The van der Waals surface area contributed by atoms with Gasteiger partial charge in [0.2, 0.25) is 0 Å². The van der Waals surface area contributed by atoms with E-state index in [2.05, 4.69) is 38.3 Å². The number of nitrogens with one attached hydrogen (secondary N) is 2. The summed E-state index contributed by atoms with van der Waals surface area (Å²) in [5.74, 6) is 0. The van der Waals surface area contributed by atoms with Crippen molar-refractivity contribution in [3.8, 4) is 6.26 Å². The van der Waals surface area contributed by atoms with Crippen LogP contribution in [0, 0.1) is 23.9 Å². The predicted octanol–water partition coefficient (Wildman–Crippen LogP) is 2.51. The van der Waals surface area contributed by atoms with Crippen LogP contribution in [0.4, 0.5) is 5.69 Å². The molecule has 1 rings (SSSR count). The van der Waals surface area contributed by atoms with Gasteiger partial charge in [-0.05, 0) is 32.2 Å². The smallest absolute Gasteiger partial charge is 0.288 e. The Hall–Kier alpha value is -3.60. The number of carbonyl (C=O) groups excluding carboxylic acids is 1. The molecule has 8 nitrogen and oxygen atoms in total. The number of carbonyl (C=O) groups is 1. The fraction of sp³-hybridized carbons (Fsp3) is 0.222. The molecule has 1 aromatic rings. The molecule has 0 saturated heterocycles. The van der Waals surface area contributed by atoms with E-state index < -0.39 is 0 Å². The van der Waals surface area contributed by atoms with E-state index >= 15 is 0 Å². The van der Waals surface area contributed by atoms with Crippen LogP contribution in [-0.2, 0) is 9.53 Å². The maximum atomic E-state index is 10.7. The average Bonchev–Trinajstić information content (AvgIpc) is 2.62. The largest absolute Gasteiger partial charge is 0.404 e. The van der Waals surface area contributed by atoms with Crippen LogP contribution in [-0.4, -0.2) is 43.2 Å². The maximum Gasteiger partial charge on any atom is 0.288 e. The molecule has 0 aliphatic heterocycles. The molecule has 1 heterocycles. The van der Waals surface area contributed by atoms with E-state index in [0.717, 1.165) is 6.29 Å². The molecule has 0 radical (unpaired) electrons. The number of pyridine rings is 1. The summed E-state index contributed by atoms with van der Waals surface area (Å²) in [5, 5.41) is 19.6. The average molecular weight is 352 g/mol. The van der Waals surface area contributed by atoms with E-state index in [-0.39, 0.29) is 19.0 Å². The number of aryl methyl sites for hydroxylation is 1. The molecular weight excluding hydrogens is 332 g/mol. The van der Waals surface area contributed by atoms with Gasteiger partial charge in [0.1, 0.15) is 6.29 Å². The van der Waals surface area contributed by atoms with E-state index in [0.29, 0.717) is 33.8 Å². The number of aldehydes is 1. The maximum absolute atomic E-state index is 10.7. The molecule has 0 atom stereocenters. The van der Waals surface area contributed by atoms with Crippen LogP contribution in [0.3, 0.4) is 0 Å². The lowest BCUT2D eigenvalue weighted by Gasteiger charge is -2.16. The quantitative estimate of drug-likeness (QED) is 0.290. The van der Waals surface area contributed by atoms with Crippen molar-refractivity contribution in [1.82, 2.24) is 4.98 Å². The topological polar surface area (TPSA) is 124 Å². The fourth-order valence-corrected chi connectivity index (χ4v) is 2.08. The number of aromatic nitrogens is 1. The highest BCUT2D eigenvalue weighted by atomic mass is 16.5. The van der Waals surface area contributed by atoms with Crippen molar-refractivity contribution in [3.05, 3.63) is 41.4 Å². The molecule has 2 N–H and O–H groups in total. The Labute approximate surface area is 152 Å². The number of nitrogens with zero attached hydrogens (tertiary/aromatic N) is 4. The van der Waals surface area contributed by atoms with Crippen LogP contribution in [0.25, 0.3) is 5.57 Å². The molecule has 26 heavy (non-hydrogen) atoms. The van der Waals surface area contributed by atoms with Crippen molar-refractivity contribution < 1.29 is 9.53 Å². The number of hydrogen-bond donors (Lipinski definition) is 2. The Kier molecular flexibility index (Phi) is 8.10. The van der Waals surface area contributed by atoms with Gasteiger partial charge in [-0.1, -0.05) is 6.58 Å². The number of ether oxygens (including phenoxy) is 1. The lowest BCUT2D eigenvalue weighted by atomic mass is 10.00. The van der Waals surface area contributed by atoms with Crippen LogP contribution in [0.15, 0.2) is 34.4 Å². The summed E-state index contributed by atoms with van der Waals surface area (Å²) in [5.41, 5.74) is 3.57. The first-order valence-corrected chi connectivity index (χ1v) is 7.57.